The van der Waals surface area contributed by atoms with E-state index in [2.05, 4.69) is 14.6 Å². The van der Waals surface area contributed by atoms with Crippen molar-refractivity contribution in [3.63, 3.8) is 0 Å². The number of morpholine rings is 1. The molecule has 0 radical (unpaired) electrons. The smallest absolute Gasteiger partial charge is 0.277 e. The highest BCUT2D eigenvalue weighted by atomic mass is 32.2. The van der Waals surface area contributed by atoms with Crippen LogP contribution in [0.15, 0.2) is 52.4 Å². The van der Waals surface area contributed by atoms with Crippen LogP contribution in [-0.2, 0) is 21.2 Å². The Morgan fingerprint density at radius 3 is 2.74 bits per heavy atom. The van der Waals surface area contributed by atoms with Crippen LogP contribution >= 0.6 is 0 Å². The number of carbonyl (C=O) groups excluding carboxylic acids is 1. The number of nitrogens with one attached hydrogen (secondary N) is 1. The van der Waals surface area contributed by atoms with Crippen LogP contribution in [0, 0.1) is 0 Å². The third-order valence-corrected chi connectivity index (χ3v) is 7.71. The van der Waals surface area contributed by atoms with Gasteiger partial charge in [0.1, 0.15) is 0 Å². The van der Waals surface area contributed by atoms with Crippen LogP contribution in [0.2, 0.25) is 0 Å². The van der Waals surface area contributed by atoms with E-state index in [0.717, 1.165) is 61.7 Å². The van der Waals surface area contributed by atoms with Gasteiger partial charge in [-0.05, 0) is 48.7 Å². The number of rotatable bonds is 6. The Morgan fingerprint density at radius 1 is 1.10 bits per heavy atom. The number of ether oxygens (including phenoxy) is 1. The molecule has 7 nitrogen and oxygen atoms in total. The zero-order chi connectivity index (χ0) is 21.4. The summed E-state index contributed by atoms with van der Waals surface area (Å²) in [6.45, 7) is 4.52. The number of hydrogen-bond acceptors (Lipinski definition) is 5. The quantitative estimate of drug-likeness (QED) is 0.696. The van der Waals surface area contributed by atoms with Crippen molar-refractivity contribution >= 4 is 21.6 Å². The number of aliphatic imine (C=N–C) groups is 1. The summed E-state index contributed by atoms with van der Waals surface area (Å²) in [7, 11) is -3.59. The van der Waals surface area contributed by atoms with Crippen molar-refractivity contribution in [2.45, 2.75) is 23.7 Å². The van der Waals surface area contributed by atoms with Gasteiger partial charge in [-0.1, -0.05) is 24.3 Å². The van der Waals surface area contributed by atoms with E-state index in [4.69, 9.17) is 4.74 Å². The maximum atomic E-state index is 12.8. The maximum Gasteiger partial charge on any atom is 0.277 e. The molecule has 1 saturated heterocycles. The Kier molecular flexibility index (Phi) is 5.47. The molecule has 5 rings (SSSR count). The molecule has 1 unspecified atom stereocenters. The maximum absolute atomic E-state index is 12.8. The van der Waals surface area contributed by atoms with Crippen molar-refractivity contribution in [1.82, 2.24) is 9.62 Å². The SMILES string of the molecule is O=C1N=C2c3ccc(S(=O)(=O)NCCCN4CCOCC4)cc3CC2c2ccccc21. The molecule has 0 bridgehead atoms. The number of hydrogen-bond donors (Lipinski definition) is 1. The summed E-state index contributed by atoms with van der Waals surface area (Å²) in [5.74, 6) is -0.225. The molecule has 2 aromatic carbocycles. The van der Waals surface area contributed by atoms with Crippen LogP contribution in [0.3, 0.4) is 0 Å². The van der Waals surface area contributed by atoms with Crippen LogP contribution in [0.4, 0.5) is 0 Å². The zero-order valence-electron chi connectivity index (χ0n) is 17.2. The van der Waals surface area contributed by atoms with Crippen molar-refractivity contribution in [3.8, 4) is 0 Å². The van der Waals surface area contributed by atoms with E-state index < -0.39 is 10.0 Å². The molecule has 3 aliphatic rings. The van der Waals surface area contributed by atoms with Crippen molar-refractivity contribution in [1.29, 1.82) is 0 Å². The van der Waals surface area contributed by atoms with Gasteiger partial charge in [-0.15, -0.1) is 0 Å². The highest BCUT2D eigenvalue weighted by Gasteiger charge is 2.36. The lowest BCUT2D eigenvalue weighted by Gasteiger charge is -2.26. The van der Waals surface area contributed by atoms with Gasteiger partial charge in [0, 0.05) is 36.7 Å². The van der Waals surface area contributed by atoms with Crippen LogP contribution in [0.1, 0.15) is 39.4 Å². The molecule has 0 saturated carbocycles. The lowest BCUT2D eigenvalue weighted by atomic mass is 9.88. The Bertz CT molecular complexity index is 1150. The standard InChI is InChI=1S/C23H25N3O4S/c27-23-20-5-2-1-4-19(20)21-15-16-14-17(6-7-18(16)22(21)25-23)31(28,29)24-8-3-9-26-10-12-30-13-11-26/h1-2,4-7,14,21,24H,3,8-13,15H2. The predicted octanol–water partition coefficient (Wildman–Crippen LogP) is 1.97. The summed E-state index contributed by atoms with van der Waals surface area (Å²) in [6, 6.07) is 12.7. The number of benzene rings is 2. The summed E-state index contributed by atoms with van der Waals surface area (Å²) in [6.07, 6.45) is 1.40. The molecular formula is C23H25N3O4S. The third-order valence-electron chi connectivity index (χ3n) is 6.25. The molecular weight excluding hydrogens is 414 g/mol. The average Bonchev–Trinajstić information content (AvgIpc) is 3.16. The normalized spacial score (nSPS) is 20.7. The fourth-order valence-corrected chi connectivity index (χ4v) is 5.76. The summed E-state index contributed by atoms with van der Waals surface area (Å²) >= 11 is 0. The fourth-order valence-electron chi connectivity index (χ4n) is 4.64. The van der Waals surface area contributed by atoms with Gasteiger partial charge in [0.05, 0.1) is 23.8 Å². The van der Waals surface area contributed by atoms with Gasteiger partial charge in [0.15, 0.2) is 0 Å². The average molecular weight is 440 g/mol. The van der Waals surface area contributed by atoms with Crippen molar-refractivity contribution in [2.24, 2.45) is 4.99 Å². The van der Waals surface area contributed by atoms with Gasteiger partial charge in [-0.25, -0.2) is 18.1 Å². The van der Waals surface area contributed by atoms with Gasteiger partial charge in [0.2, 0.25) is 10.0 Å². The first-order chi connectivity index (χ1) is 15.0. The molecule has 1 aliphatic carbocycles. The lowest BCUT2D eigenvalue weighted by molar-refractivity contribution is 0.0376. The Hall–Kier alpha value is -2.39. The number of carbonyl (C=O) groups is 1. The van der Waals surface area contributed by atoms with E-state index in [1.807, 2.05) is 18.2 Å². The fraction of sp³-hybridized carbons (Fsp3) is 0.391. The second kappa shape index (κ2) is 8.27. The highest BCUT2D eigenvalue weighted by Crippen LogP contribution is 2.39. The summed E-state index contributed by atoms with van der Waals surface area (Å²) in [4.78, 5) is 19.3. The van der Waals surface area contributed by atoms with Crippen molar-refractivity contribution in [2.75, 3.05) is 39.4 Å². The minimum atomic E-state index is -3.59. The molecule has 2 aliphatic heterocycles. The molecule has 2 aromatic rings. The van der Waals surface area contributed by atoms with Crippen molar-refractivity contribution < 1.29 is 17.9 Å². The van der Waals surface area contributed by atoms with Crippen LogP contribution in [0.5, 0.6) is 0 Å². The van der Waals surface area contributed by atoms with E-state index >= 15 is 0 Å². The van der Waals surface area contributed by atoms with E-state index in [1.165, 1.54) is 0 Å². The second-order valence-electron chi connectivity index (χ2n) is 8.17. The van der Waals surface area contributed by atoms with E-state index in [9.17, 15) is 13.2 Å². The van der Waals surface area contributed by atoms with E-state index in [1.54, 1.807) is 24.3 Å². The summed E-state index contributed by atoms with van der Waals surface area (Å²) in [5, 5.41) is 0. The largest absolute Gasteiger partial charge is 0.379 e. The van der Waals surface area contributed by atoms with Crippen molar-refractivity contribution in [3.05, 3.63) is 64.7 Å². The minimum Gasteiger partial charge on any atom is -0.379 e. The summed E-state index contributed by atoms with van der Waals surface area (Å²) < 4.78 is 33.7. The molecule has 1 fully saturated rings. The van der Waals surface area contributed by atoms with Gasteiger partial charge in [0.25, 0.3) is 5.91 Å². The van der Waals surface area contributed by atoms with Crippen LogP contribution in [0.25, 0.3) is 0 Å². The lowest BCUT2D eigenvalue weighted by Crippen LogP contribution is -2.38. The molecule has 1 atom stereocenters. The molecule has 8 heteroatoms. The monoisotopic (exact) mass is 439 g/mol. The Balaban J connectivity index is 1.29. The molecule has 1 N–H and O–H groups in total. The second-order valence-corrected chi connectivity index (χ2v) is 9.94. The molecule has 0 aromatic heterocycles. The number of amides is 1. The number of nitrogens with zero attached hydrogens (tertiary/aromatic N) is 2. The summed E-state index contributed by atoms with van der Waals surface area (Å²) in [5.41, 5.74) is 4.16. The van der Waals surface area contributed by atoms with Gasteiger partial charge >= 0.3 is 0 Å². The predicted molar refractivity (Wildman–Crippen MR) is 117 cm³/mol. The van der Waals surface area contributed by atoms with E-state index in [-0.39, 0.29) is 16.7 Å². The first kappa shape index (κ1) is 20.5. The van der Waals surface area contributed by atoms with Gasteiger partial charge in [-0.2, -0.15) is 0 Å². The molecule has 2 heterocycles. The molecule has 0 spiro atoms. The molecule has 31 heavy (non-hydrogen) atoms. The first-order valence-electron chi connectivity index (χ1n) is 10.7. The van der Waals surface area contributed by atoms with Crippen LogP contribution in [-0.4, -0.2) is 64.3 Å². The molecule has 1 amide bonds. The highest BCUT2D eigenvalue weighted by molar-refractivity contribution is 7.89. The van der Waals surface area contributed by atoms with Gasteiger partial charge in [-0.3, -0.25) is 9.69 Å². The number of fused-ring (bicyclic) bond motifs is 5. The Morgan fingerprint density at radius 2 is 1.90 bits per heavy atom. The first-order valence-corrected chi connectivity index (χ1v) is 12.2. The number of sulfonamides is 1. The molecule has 162 valence electrons. The topological polar surface area (TPSA) is 88.1 Å². The van der Waals surface area contributed by atoms with Crippen LogP contribution < -0.4 is 4.72 Å². The third kappa shape index (κ3) is 3.96. The van der Waals surface area contributed by atoms with Gasteiger partial charge < -0.3 is 4.74 Å². The van der Waals surface area contributed by atoms with E-state index in [0.29, 0.717) is 18.5 Å². The zero-order valence-corrected chi connectivity index (χ0v) is 18.0. The Labute approximate surface area is 182 Å². The minimum absolute atomic E-state index is 0.00309.